The highest BCUT2D eigenvalue weighted by Crippen LogP contribution is 2.18. The minimum Gasteiger partial charge on any atom is -0.244 e. The molecule has 70 valence electrons. The van der Waals surface area contributed by atoms with E-state index in [1.54, 1.807) is 6.20 Å². The molecule has 14 heavy (non-hydrogen) atoms. The fourth-order valence-corrected chi connectivity index (χ4v) is 1.30. The van der Waals surface area contributed by atoms with Crippen LogP contribution < -0.4 is 5.69 Å². The van der Waals surface area contributed by atoms with E-state index in [4.69, 9.17) is 0 Å². The highest BCUT2D eigenvalue weighted by atomic mass is 16.1. The summed E-state index contributed by atoms with van der Waals surface area (Å²) in [5, 5.41) is 5.95. The second kappa shape index (κ2) is 3.41. The molecule has 2 aromatic rings. The third kappa shape index (κ3) is 1.54. The van der Waals surface area contributed by atoms with Crippen LogP contribution in [0, 0.1) is 6.92 Å². The monoisotopic (exact) mass is 187 g/mol. The summed E-state index contributed by atoms with van der Waals surface area (Å²) in [5.41, 5.74) is 2.19. The van der Waals surface area contributed by atoms with Crippen molar-refractivity contribution in [3.05, 3.63) is 46.5 Å². The van der Waals surface area contributed by atoms with Gasteiger partial charge in [-0.3, -0.25) is 0 Å². The summed E-state index contributed by atoms with van der Waals surface area (Å²) in [6.45, 7) is 1.97. The first-order valence-electron chi connectivity index (χ1n) is 4.25. The molecule has 0 saturated carbocycles. The maximum absolute atomic E-state index is 10.9. The minimum atomic E-state index is -0.425. The molecule has 0 aliphatic carbocycles. The van der Waals surface area contributed by atoms with Gasteiger partial charge in [-0.1, -0.05) is 24.3 Å². The molecule has 0 aliphatic heterocycles. The van der Waals surface area contributed by atoms with Crippen LogP contribution in [0.5, 0.6) is 0 Å². The van der Waals surface area contributed by atoms with E-state index in [0.717, 1.165) is 11.1 Å². The molecule has 0 atom stereocenters. The molecule has 0 unspecified atom stereocenters. The van der Waals surface area contributed by atoms with Gasteiger partial charge in [0.1, 0.15) is 0 Å². The molecule has 0 amide bonds. The average molecular weight is 187 g/mol. The second-order valence-corrected chi connectivity index (χ2v) is 2.99. The number of nitrogens with zero attached hydrogens (tertiary/aromatic N) is 2. The molecule has 1 aromatic carbocycles. The Labute approximate surface area is 80.6 Å². The SMILES string of the molecule is Cc1ccccc1-c1cn[nH]c(=O)n1. The van der Waals surface area contributed by atoms with Crippen molar-refractivity contribution < 1.29 is 0 Å². The van der Waals surface area contributed by atoms with Gasteiger partial charge in [0.05, 0.1) is 11.9 Å². The third-order valence-corrected chi connectivity index (χ3v) is 1.99. The summed E-state index contributed by atoms with van der Waals surface area (Å²) in [7, 11) is 0. The van der Waals surface area contributed by atoms with E-state index in [-0.39, 0.29) is 0 Å². The predicted molar refractivity (Wildman–Crippen MR) is 52.8 cm³/mol. The lowest BCUT2D eigenvalue weighted by Gasteiger charge is -2.01. The van der Waals surface area contributed by atoms with Crippen molar-refractivity contribution in [2.75, 3.05) is 0 Å². The molecule has 0 aliphatic rings. The van der Waals surface area contributed by atoms with Crippen LogP contribution in [0.3, 0.4) is 0 Å². The number of nitrogens with one attached hydrogen (secondary N) is 1. The lowest BCUT2D eigenvalue weighted by atomic mass is 10.1. The molecule has 4 nitrogen and oxygen atoms in total. The van der Waals surface area contributed by atoms with Crippen LogP contribution in [0.15, 0.2) is 35.3 Å². The summed E-state index contributed by atoms with van der Waals surface area (Å²) in [4.78, 5) is 14.8. The van der Waals surface area contributed by atoms with E-state index in [1.165, 1.54) is 0 Å². The van der Waals surface area contributed by atoms with Crippen molar-refractivity contribution in [3.63, 3.8) is 0 Å². The number of benzene rings is 1. The van der Waals surface area contributed by atoms with Gasteiger partial charge in [0, 0.05) is 5.56 Å². The number of hydrogen-bond acceptors (Lipinski definition) is 3. The van der Waals surface area contributed by atoms with Crippen LogP contribution in [0.2, 0.25) is 0 Å². The number of hydrogen-bond donors (Lipinski definition) is 1. The van der Waals surface area contributed by atoms with E-state index < -0.39 is 5.69 Å². The van der Waals surface area contributed by atoms with E-state index in [9.17, 15) is 4.79 Å². The summed E-state index contributed by atoms with van der Waals surface area (Å²) in [6.07, 6.45) is 1.55. The highest BCUT2D eigenvalue weighted by molar-refractivity contribution is 5.61. The Balaban J connectivity index is 2.61. The number of rotatable bonds is 1. The van der Waals surface area contributed by atoms with Crippen LogP contribution in [-0.2, 0) is 0 Å². The predicted octanol–water partition coefficient (Wildman–Crippen LogP) is 1.14. The number of H-pyrrole nitrogens is 1. The zero-order valence-electron chi connectivity index (χ0n) is 7.69. The van der Waals surface area contributed by atoms with Crippen LogP contribution in [0.4, 0.5) is 0 Å². The van der Waals surface area contributed by atoms with Crippen molar-refractivity contribution in [3.8, 4) is 11.3 Å². The van der Waals surface area contributed by atoms with Crippen molar-refractivity contribution in [2.45, 2.75) is 6.92 Å². The van der Waals surface area contributed by atoms with Gasteiger partial charge in [-0.25, -0.2) is 9.89 Å². The molecule has 2 rings (SSSR count). The summed E-state index contributed by atoms with van der Waals surface area (Å²) < 4.78 is 0. The number of aromatic amines is 1. The van der Waals surface area contributed by atoms with E-state index in [2.05, 4.69) is 15.2 Å². The van der Waals surface area contributed by atoms with Crippen molar-refractivity contribution in [1.82, 2.24) is 15.2 Å². The van der Waals surface area contributed by atoms with Gasteiger partial charge in [-0.15, -0.1) is 0 Å². The van der Waals surface area contributed by atoms with Crippen LogP contribution in [0.25, 0.3) is 11.3 Å². The molecular weight excluding hydrogens is 178 g/mol. The quantitative estimate of drug-likeness (QED) is 0.728. The van der Waals surface area contributed by atoms with E-state index >= 15 is 0 Å². The Morgan fingerprint density at radius 3 is 2.79 bits per heavy atom. The average Bonchev–Trinajstić information content (AvgIpc) is 2.18. The van der Waals surface area contributed by atoms with Gasteiger partial charge in [-0.2, -0.15) is 10.1 Å². The van der Waals surface area contributed by atoms with E-state index in [0.29, 0.717) is 5.69 Å². The van der Waals surface area contributed by atoms with Crippen molar-refractivity contribution >= 4 is 0 Å². The number of aryl methyl sites for hydroxylation is 1. The Morgan fingerprint density at radius 1 is 1.29 bits per heavy atom. The summed E-state index contributed by atoms with van der Waals surface area (Å²) in [5.74, 6) is 0. The van der Waals surface area contributed by atoms with Gasteiger partial charge < -0.3 is 0 Å². The van der Waals surface area contributed by atoms with Crippen molar-refractivity contribution in [1.29, 1.82) is 0 Å². The van der Waals surface area contributed by atoms with Crippen molar-refractivity contribution in [2.24, 2.45) is 0 Å². The maximum Gasteiger partial charge on any atom is 0.361 e. The Hall–Kier alpha value is -1.97. The Morgan fingerprint density at radius 2 is 2.07 bits per heavy atom. The topological polar surface area (TPSA) is 58.6 Å². The third-order valence-electron chi connectivity index (χ3n) is 1.99. The first-order valence-corrected chi connectivity index (χ1v) is 4.25. The molecule has 0 bridgehead atoms. The largest absolute Gasteiger partial charge is 0.361 e. The molecule has 1 heterocycles. The van der Waals surface area contributed by atoms with Crippen LogP contribution >= 0.6 is 0 Å². The molecule has 0 saturated heterocycles. The second-order valence-electron chi connectivity index (χ2n) is 2.99. The fourth-order valence-electron chi connectivity index (χ4n) is 1.30. The molecule has 0 spiro atoms. The zero-order valence-corrected chi connectivity index (χ0v) is 7.69. The van der Waals surface area contributed by atoms with Crippen LogP contribution in [-0.4, -0.2) is 15.2 Å². The van der Waals surface area contributed by atoms with E-state index in [1.807, 2.05) is 31.2 Å². The molecule has 1 N–H and O–H groups in total. The van der Waals surface area contributed by atoms with Gasteiger partial charge in [0.15, 0.2) is 0 Å². The van der Waals surface area contributed by atoms with Crippen LogP contribution in [0.1, 0.15) is 5.56 Å². The first kappa shape index (κ1) is 8.62. The summed E-state index contributed by atoms with van der Waals surface area (Å²) >= 11 is 0. The highest BCUT2D eigenvalue weighted by Gasteiger charge is 2.02. The van der Waals surface area contributed by atoms with Gasteiger partial charge >= 0.3 is 5.69 Å². The molecule has 4 heteroatoms. The smallest absolute Gasteiger partial charge is 0.244 e. The standard InChI is InChI=1S/C10H9N3O/c1-7-4-2-3-5-8(7)9-6-11-13-10(14)12-9/h2-6H,1H3,(H,12,13,14). The maximum atomic E-state index is 10.9. The molecular formula is C10H9N3O. The Kier molecular flexibility index (Phi) is 2.10. The van der Waals surface area contributed by atoms with Gasteiger partial charge in [-0.05, 0) is 12.5 Å². The molecule has 1 aromatic heterocycles. The lowest BCUT2D eigenvalue weighted by molar-refractivity contribution is 0.918. The zero-order chi connectivity index (χ0) is 9.97. The van der Waals surface area contributed by atoms with Gasteiger partial charge in [0.25, 0.3) is 0 Å². The first-order chi connectivity index (χ1) is 6.77. The molecule has 0 radical (unpaired) electrons. The van der Waals surface area contributed by atoms with Gasteiger partial charge in [0.2, 0.25) is 0 Å². The normalized spacial score (nSPS) is 10.1. The number of aromatic nitrogens is 3. The summed E-state index contributed by atoms with van der Waals surface area (Å²) in [6, 6.07) is 7.74. The fraction of sp³-hybridized carbons (Fsp3) is 0.100. The minimum absolute atomic E-state index is 0.425. The lowest BCUT2D eigenvalue weighted by Crippen LogP contribution is -2.12. The Bertz CT molecular complexity index is 504. The molecule has 0 fully saturated rings.